The molecule has 0 aliphatic heterocycles. The highest BCUT2D eigenvalue weighted by Gasteiger charge is 2.16. The first kappa shape index (κ1) is 16.1. The van der Waals surface area contributed by atoms with Crippen molar-refractivity contribution in [1.29, 1.82) is 0 Å². The van der Waals surface area contributed by atoms with Gasteiger partial charge in [-0.25, -0.2) is 0 Å². The molecule has 0 amide bonds. The van der Waals surface area contributed by atoms with Gasteiger partial charge >= 0.3 is 0 Å². The SMILES string of the molecule is CC(C)(C)c1ccc(SC(CN)c2cc(Br)cs2)cc1. The van der Waals surface area contributed by atoms with Gasteiger partial charge in [-0.1, -0.05) is 32.9 Å². The third-order valence-electron chi connectivity index (χ3n) is 3.12. The Morgan fingerprint density at radius 3 is 2.35 bits per heavy atom. The summed E-state index contributed by atoms with van der Waals surface area (Å²) in [5, 5.41) is 2.44. The molecule has 0 radical (unpaired) electrons. The Labute approximate surface area is 138 Å². The number of hydrogen-bond acceptors (Lipinski definition) is 3. The molecule has 1 atom stereocenters. The Kier molecular flexibility index (Phi) is 5.35. The number of benzene rings is 1. The van der Waals surface area contributed by atoms with Crippen molar-refractivity contribution in [3.05, 3.63) is 50.6 Å². The Morgan fingerprint density at radius 2 is 1.90 bits per heavy atom. The van der Waals surface area contributed by atoms with Crippen molar-refractivity contribution in [2.24, 2.45) is 5.73 Å². The molecule has 1 unspecified atom stereocenters. The van der Waals surface area contributed by atoms with E-state index in [4.69, 9.17) is 5.73 Å². The molecule has 1 heterocycles. The van der Waals surface area contributed by atoms with Crippen LogP contribution in [0.25, 0.3) is 0 Å². The van der Waals surface area contributed by atoms with E-state index in [9.17, 15) is 0 Å². The van der Waals surface area contributed by atoms with Crippen LogP contribution in [-0.4, -0.2) is 6.54 Å². The van der Waals surface area contributed by atoms with Crippen LogP contribution in [0.1, 0.15) is 36.5 Å². The standard InChI is InChI=1S/C16H20BrNS2/c1-16(2,3)11-4-6-13(7-5-11)20-15(9-18)14-8-12(17)10-19-14/h4-8,10,15H,9,18H2,1-3H3. The molecule has 0 bridgehead atoms. The van der Waals surface area contributed by atoms with Gasteiger partial charge in [-0.2, -0.15) is 0 Å². The molecule has 1 aromatic heterocycles. The summed E-state index contributed by atoms with van der Waals surface area (Å²) in [4.78, 5) is 2.60. The summed E-state index contributed by atoms with van der Waals surface area (Å²) in [7, 11) is 0. The Bertz CT molecular complexity index is 555. The summed E-state index contributed by atoms with van der Waals surface area (Å²) in [6.07, 6.45) is 0. The van der Waals surface area contributed by atoms with Crippen LogP contribution in [0.15, 0.2) is 45.1 Å². The van der Waals surface area contributed by atoms with Crippen LogP contribution in [0.3, 0.4) is 0 Å². The summed E-state index contributed by atoms with van der Waals surface area (Å²) in [5.74, 6) is 0. The number of thioether (sulfide) groups is 1. The fraction of sp³-hybridized carbons (Fsp3) is 0.375. The molecule has 0 saturated heterocycles. The Hall–Kier alpha value is -0.290. The molecule has 0 aliphatic carbocycles. The van der Waals surface area contributed by atoms with Gasteiger partial charge in [0.2, 0.25) is 0 Å². The molecule has 20 heavy (non-hydrogen) atoms. The number of nitrogens with two attached hydrogens (primary N) is 1. The van der Waals surface area contributed by atoms with Crippen LogP contribution >= 0.6 is 39.0 Å². The van der Waals surface area contributed by atoms with E-state index in [1.54, 1.807) is 11.3 Å². The summed E-state index contributed by atoms with van der Waals surface area (Å²) in [5.41, 5.74) is 7.50. The van der Waals surface area contributed by atoms with Gasteiger partial charge in [0.1, 0.15) is 0 Å². The summed E-state index contributed by atoms with van der Waals surface area (Å²) < 4.78 is 1.14. The van der Waals surface area contributed by atoms with Gasteiger partial charge in [0.05, 0.1) is 5.25 Å². The van der Waals surface area contributed by atoms with Crippen LogP contribution in [0.2, 0.25) is 0 Å². The van der Waals surface area contributed by atoms with Crippen molar-refractivity contribution in [2.75, 3.05) is 6.54 Å². The lowest BCUT2D eigenvalue weighted by atomic mass is 9.87. The maximum atomic E-state index is 5.93. The van der Waals surface area contributed by atoms with Crippen molar-refractivity contribution < 1.29 is 0 Å². The van der Waals surface area contributed by atoms with Crippen LogP contribution < -0.4 is 5.73 Å². The lowest BCUT2D eigenvalue weighted by Crippen LogP contribution is -2.10. The topological polar surface area (TPSA) is 26.0 Å². The predicted octanol–water partition coefficient (Wildman–Crippen LogP) is 5.60. The summed E-state index contributed by atoms with van der Waals surface area (Å²) in [6.45, 7) is 7.36. The third-order valence-corrected chi connectivity index (χ3v) is 6.35. The van der Waals surface area contributed by atoms with Gasteiger partial charge in [-0.15, -0.1) is 23.1 Å². The second kappa shape index (κ2) is 6.65. The molecule has 0 spiro atoms. The van der Waals surface area contributed by atoms with Crippen LogP contribution in [0.5, 0.6) is 0 Å². The van der Waals surface area contributed by atoms with Crippen LogP contribution in [0.4, 0.5) is 0 Å². The molecule has 1 nitrogen and oxygen atoms in total. The van der Waals surface area contributed by atoms with Gasteiger partial charge < -0.3 is 5.73 Å². The molecule has 1 aromatic carbocycles. The van der Waals surface area contributed by atoms with E-state index >= 15 is 0 Å². The molecule has 0 saturated carbocycles. The van der Waals surface area contributed by atoms with Crippen molar-refractivity contribution in [3.8, 4) is 0 Å². The summed E-state index contributed by atoms with van der Waals surface area (Å²) in [6, 6.07) is 11.0. The first-order valence-electron chi connectivity index (χ1n) is 6.61. The molecular weight excluding hydrogens is 350 g/mol. The highest BCUT2D eigenvalue weighted by molar-refractivity contribution is 9.10. The fourth-order valence-electron chi connectivity index (χ4n) is 1.92. The summed E-state index contributed by atoms with van der Waals surface area (Å²) >= 11 is 7.11. The van der Waals surface area contributed by atoms with Crippen molar-refractivity contribution in [3.63, 3.8) is 0 Å². The van der Waals surface area contributed by atoms with Gasteiger partial charge in [0, 0.05) is 26.2 Å². The molecule has 2 aromatic rings. The quantitative estimate of drug-likeness (QED) is 0.709. The third kappa shape index (κ3) is 4.10. The largest absolute Gasteiger partial charge is 0.329 e. The number of rotatable bonds is 4. The molecular formula is C16H20BrNS2. The van der Waals surface area contributed by atoms with Crippen molar-refractivity contribution in [2.45, 2.75) is 36.3 Å². The number of hydrogen-bond donors (Lipinski definition) is 1. The second-order valence-electron chi connectivity index (χ2n) is 5.78. The van der Waals surface area contributed by atoms with E-state index in [1.165, 1.54) is 15.3 Å². The maximum Gasteiger partial charge on any atom is 0.0561 e. The van der Waals surface area contributed by atoms with Gasteiger partial charge in [-0.3, -0.25) is 0 Å². The molecule has 4 heteroatoms. The molecule has 0 aliphatic rings. The fourth-order valence-corrected chi connectivity index (χ4v) is 4.57. The van der Waals surface area contributed by atoms with E-state index in [1.807, 2.05) is 11.8 Å². The zero-order chi connectivity index (χ0) is 14.8. The highest BCUT2D eigenvalue weighted by Crippen LogP contribution is 2.38. The monoisotopic (exact) mass is 369 g/mol. The minimum absolute atomic E-state index is 0.203. The molecule has 2 rings (SSSR count). The van der Waals surface area contributed by atoms with Gasteiger partial charge in [-0.05, 0) is 45.1 Å². The van der Waals surface area contributed by atoms with Crippen LogP contribution in [0, 0.1) is 0 Å². The molecule has 108 valence electrons. The smallest absolute Gasteiger partial charge is 0.0561 e. The van der Waals surface area contributed by atoms with E-state index in [0.717, 1.165) is 4.47 Å². The first-order valence-corrected chi connectivity index (χ1v) is 9.16. The first-order chi connectivity index (χ1) is 9.40. The average molecular weight is 370 g/mol. The lowest BCUT2D eigenvalue weighted by molar-refractivity contribution is 0.590. The average Bonchev–Trinajstić information content (AvgIpc) is 2.82. The minimum atomic E-state index is 0.203. The minimum Gasteiger partial charge on any atom is -0.329 e. The number of thiophene rings is 1. The zero-order valence-corrected chi connectivity index (χ0v) is 15.2. The highest BCUT2D eigenvalue weighted by atomic mass is 79.9. The van der Waals surface area contributed by atoms with Gasteiger partial charge in [0.25, 0.3) is 0 Å². The van der Waals surface area contributed by atoms with E-state index in [0.29, 0.717) is 11.8 Å². The predicted molar refractivity (Wildman–Crippen MR) is 94.8 cm³/mol. The molecule has 0 fully saturated rings. The van der Waals surface area contributed by atoms with E-state index < -0.39 is 0 Å². The maximum absolute atomic E-state index is 5.93. The molecule has 2 N–H and O–H groups in total. The Morgan fingerprint density at radius 1 is 1.25 bits per heavy atom. The van der Waals surface area contributed by atoms with Crippen LogP contribution in [-0.2, 0) is 5.41 Å². The Balaban J connectivity index is 2.12. The zero-order valence-electron chi connectivity index (χ0n) is 12.0. The normalized spacial score (nSPS) is 13.4. The number of halogens is 1. The van der Waals surface area contributed by atoms with Crippen molar-refractivity contribution in [1.82, 2.24) is 0 Å². The second-order valence-corrected chi connectivity index (χ2v) is 8.92. The lowest BCUT2D eigenvalue weighted by Gasteiger charge is -2.19. The van der Waals surface area contributed by atoms with Crippen molar-refractivity contribution >= 4 is 39.0 Å². The van der Waals surface area contributed by atoms with E-state index in [2.05, 4.69) is 72.4 Å². The van der Waals surface area contributed by atoms with Gasteiger partial charge in [0.15, 0.2) is 0 Å². The van der Waals surface area contributed by atoms with E-state index in [-0.39, 0.29) is 5.41 Å².